The van der Waals surface area contributed by atoms with Crippen molar-refractivity contribution in [3.8, 4) is 11.4 Å². The number of thiocarbonyl (C=S) groups is 1. The molecule has 0 N–H and O–H groups in total. The first-order chi connectivity index (χ1) is 9.29. The third-order valence-electron chi connectivity index (χ3n) is 3.09. The van der Waals surface area contributed by atoms with E-state index in [1.807, 2.05) is 49.5 Å². The number of aromatic nitrogens is 2. The van der Waals surface area contributed by atoms with Crippen LogP contribution in [0.2, 0.25) is 0 Å². The van der Waals surface area contributed by atoms with Crippen LogP contribution in [0.25, 0.3) is 22.4 Å². The van der Waals surface area contributed by atoms with Crippen LogP contribution in [0.3, 0.4) is 0 Å². The largest absolute Gasteiger partial charge is 0.327 e. The highest BCUT2D eigenvalue weighted by atomic mass is 32.1. The normalized spacial score (nSPS) is 10.4. The minimum atomic E-state index is 0.803. The number of aryl methyl sites for hydroxylation is 1. The van der Waals surface area contributed by atoms with Gasteiger partial charge in [0.25, 0.3) is 0 Å². The van der Waals surface area contributed by atoms with Crippen molar-refractivity contribution in [1.82, 2.24) is 9.55 Å². The molecule has 0 unspecified atom stereocenters. The minimum absolute atomic E-state index is 0.803. The molecular formula is C15H11N3S. The van der Waals surface area contributed by atoms with Crippen LogP contribution in [0.4, 0.5) is 5.69 Å². The van der Waals surface area contributed by atoms with E-state index in [0.717, 1.165) is 28.1 Å². The van der Waals surface area contributed by atoms with Gasteiger partial charge in [0.15, 0.2) is 0 Å². The van der Waals surface area contributed by atoms with Crippen LogP contribution in [0, 0.1) is 0 Å². The van der Waals surface area contributed by atoms with E-state index in [4.69, 9.17) is 0 Å². The lowest BCUT2D eigenvalue weighted by molar-refractivity contribution is 0.959. The second-order valence-corrected chi connectivity index (χ2v) is 4.42. The van der Waals surface area contributed by atoms with Gasteiger partial charge in [-0.1, -0.05) is 12.1 Å². The summed E-state index contributed by atoms with van der Waals surface area (Å²) in [6.07, 6.45) is 0. The van der Waals surface area contributed by atoms with Gasteiger partial charge in [-0.3, -0.25) is 0 Å². The molecule has 2 aromatic carbocycles. The molecular weight excluding hydrogens is 254 g/mol. The predicted octanol–water partition coefficient (Wildman–Crippen LogP) is 3.97. The topological polar surface area (TPSA) is 30.2 Å². The number of para-hydroxylation sites is 2. The van der Waals surface area contributed by atoms with Gasteiger partial charge < -0.3 is 4.57 Å². The monoisotopic (exact) mass is 265 g/mol. The summed E-state index contributed by atoms with van der Waals surface area (Å²) in [5, 5.41) is 2.36. The summed E-state index contributed by atoms with van der Waals surface area (Å²) in [6, 6.07) is 15.9. The Morgan fingerprint density at radius 2 is 1.84 bits per heavy atom. The van der Waals surface area contributed by atoms with E-state index in [9.17, 15) is 0 Å². The maximum atomic E-state index is 4.65. The van der Waals surface area contributed by atoms with Crippen LogP contribution in [0.1, 0.15) is 0 Å². The number of nitrogens with zero attached hydrogens (tertiary/aromatic N) is 3. The summed E-state index contributed by atoms with van der Waals surface area (Å²) in [6.45, 7) is 0. The van der Waals surface area contributed by atoms with E-state index >= 15 is 0 Å². The van der Waals surface area contributed by atoms with Gasteiger partial charge in [-0.2, -0.15) is 4.99 Å². The van der Waals surface area contributed by atoms with Gasteiger partial charge in [0.2, 0.25) is 0 Å². The Labute approximate surface area is 116 Å². The molecule has 0 amide bonds. The quantitative estimate of drug-likeness (QED) is 0.518. The molecule has 0 aliphatic carbocycles. The molecule has 1 heterocycles. The fraction of sp³-hybridized carbons (Fsp3) is 0.0667. The van der Waals surface area contributed by atoms with Gasteiger partial charge in [0, 0.05) is 12.6 Å². The average molecular weight is 265 g/mol. The number of fused-ring (bicyclic) bond motifs is 1. The molecule has 3 rings (SSSR count). The number of benzene rings is 2. The van der Waals surface area contributed by atoms with Gasteiger partial charge in [0.05, 0.1) is 21.9 Å². The van der Waals surface area contributed by atoms with Crippen LogP contribution >= 0.6 is 12.2 Å². The molecule has 0 atom stereocenters. The molecule has 0 fully saturated rings. The molecule has 0 aliphatic rings. The molecule has 19 heavy (non-hydrogen) atoms. The van der Waals surface area contributed by atoms with Crippen molar-refractivity contribution in [2.75, 3.05) is 0 Å². The lowest BCUT2D eigenvalue weighted by Gasteiger charge is -2.02. The summed E-state index contributed by atoms with van der Waals surface area (Å²) in [5.74, 6) is 0.944. The molecule has 0 bridgehead atoms. The fourth-order valence-corrected chi connectivity index (χ4v) is 2.25. The highest BCUT2D eigenvalue weighted by Gasteiger charge is 2.08. The lowest BCUT2D eigenvalue weighted by atomic mass is 10.2. The number of hydrogen-bond donors (Lipinski definition) is 0. The highest BCUT2D eigenvalue weighted by molar-refractivity contribution is 7.78. The summed E-state index contributed by atoms with van der Waals surface area (Å²) in [4.78, 5) is 8.60. The Morgan fingerprint density at radius 3 is 2.53 bits per heavy atom. The van der Waals surface area contributed by atoms with Crippen molar-refractivity contribution >= 4 is 34.1 Å². The fourth-order valence-electron chi connectivity index (χ4n) is 2.14. The van der Waals surface area contributed by atoms with Gasteiger partial charge in [-0.25, -0.2) is 4.98 Å². The van der Waals surface area contributed by atoms with Gasteiger partial charge in [-0.15, -0.1) is 0 Å². The van der Waals surface area contributed by atoms with Crippen molar-refractivity contribution in [2.45, 2.75) is 0 Å². The predicted molar refractivity (Wildman–Crippen MR) is 80.8 cm³/mol. The Bertz CT molecular complexity index is 781. The van der Waals surface area contributed by atoms with Gasteiger partial charge in [0.1, 0.15) is 5.82 Å². The minimum Gasteiger partial charge on any atom is -0.327 e. The van der Waals surface area contributed by atoms with Crippen LogP contribution < -0.4 is 0 Å². The molecule has 0 aliphatic heterocycles. The van der Waals surface area contributed by atoms with Crippen LogP contribution in [-0.4, -0.2) is 14.7 Å². The third kappa shape index (κ3) is 2.08. The van der Waals surface area contributed by atoms with Crippen molar-refractivity contribution in [2.24, 2.45) is 12.0 Å². The molecule has 0 radical (unpaired) electrons. The molecule has 0 saturated heterocycles. The number of imidazole rings is 1. The number of isothiocyanates is 1. The van der Waals surface area contributed by atoms with E-state index in [-0.39, 0.29) is 0 Å². The summed E-state index contributed by atoms with van der Waals surface area (Å²) >= 11 is 4.59. The summed E-state index contributed by atoms with van der Waals surface area (Å²) in [7, 11) is 2.02. The molecule has 1 aromatic heterocycles. The SMILES string of the molecule is Cn1c(-c2ccc(N=C=S)cc2)nc2ccccc21. The van der Waals surface area contributed by atoms with E-state index in [0.29, 0.717) is 0 Å². The molecule has 4 heteroatoms. The first-order valence-electron chi connectivity index (χ1n) is 5.89. The second kappa shape index (κ2) is 4.76. The Morgan fingerprint density at radius 1 is 1.11 bits per heavy atom. The number of rotatable bonds is 2. The smallest absolute Gasteiger partial charge is 0.140 e. The molecule has 0 saturated carbocycles. The zero-order chi connectivity index (χ0) is 13.2. The van der Waals surface area contributed by atoms with Crippen LogP contribution in [0.15, 0.2) is 53.5 Å². The molecule has 0 spiro atoms. The maximum absolute atomic E-state index is 4.65. The lowest BCUT2D eigenvalue weighted by Crippen LogP contribution is -1.91. The van der Waals surface area contributed by atoms with Crippen molar-refractivity contribution < 1.29 is 0 Å². The second-order valence-electron chi connectivity index (χ2n) is 4.23. The third-order valence-corrected chi connectivity index (χ3v) is 3.18. The number of hydrogen-bond acceptors (Lipinski definition) is 3. The highest BCUT2D eigenvalue weighted by Crippen LogP contribution is 2.25. The van der Waals surface area contributed by atoms with Crippen LogP contribution in [-0.2, 0) is 7.05 Å². The van der Waals surface area contributed by atoms with E-state index in [1.54, 1.807) is 0 Å². The summed E-state index contributed by atoms with van der Waals surface area (Å²) < 4.78 is 2.09. The van der Waals surface area contributed by atoms with Crippen molar-refractivity contribution in [1.29, 1.82) is 0 Å². The van der Waals surface area contributed by atoms with Crippen LogP contribution in [0.5, 0.6) is 0 Å². The Kier molecular flexibility index (Phi) is 2.95. The molecule has 92 valence electrons. The zero-order valence-electron chi connectivity index (χ0n) is 10.4. The number of aliphatic imine (C=N–C) groups is 1. The van der Waals surface area contributed by atoms with Gasteiger partial charge >= 0.3 is 0 Å². The van der Waals surface area contributed by atoms with E-state index in [2.05, 4.69) is 38.0 Å². The first-order valence-corrected chi connectivity index (χ1v) is 6.30. The maximum Gasteiger partial charge on any atom is 0.140 e. The summed E-state index contributed by atoms with van der Waals surface area (Å²) in [5.41, 5.74) is 3.99. The Hall–Kier alpha value is -2.29. The van der Waals surface area contributed by atoms with E-state index < -0.39 is 0 Å². The molecule has 3 nitrogen and oxygen atoms in total. The average Bonchev–Trinajstić information content (AvgIpc) is 2.78. The Balaban J connectivity index is 2.13. The standard InChI is InChI=1S/C15H11N3S/c1-18-14-5-3-2-4-13(14)17-15(18)11-6-8-12(9-7-11)16-10-19/h2-9H,1H3. The van der Waals surface area contributed by atoms with E-state index in [1.165, 1.54) is 0 Å². The first kappa shape index (κ1) is 11.8. The van der Waals surface area contributed by atoms with Crippen molar-refractivity contribution in [3.05, 3.63) is 48.5 Å². The van der Waals surface area contributed by atoms with Gasteiger partial charge in [-0.05, 0) is 48.6 Å². The van der Waals surface area contributed by atoms with Crippen molar-refractivity contribution in [3.63, 3.8) is 0 Å². The zero-order valence-corrected chi connectivity index (χ0v) is 11.2. The molecule has 3 aromatic rings.